The molecule has 1 N–H and O–H groups in total. The maximum absolute atomic E-state index is 13.0. The normalized spacial score (nSPS) is 18.4. The van der Waals surface area contributed by atoms with E-state index in [1.807, 2.05) is 6.92 Å². The smallest absolute Gasteiger partial charge is 0.264 e. The van der Waals surface area contributed by atoms with E-state index in [9.17, 15) is 13.5 Å². The lowest BCUT2D eigenvalue weighted by molar-refractivity contribution is 0.168. The highest BCUT2D eigenvalue weighted by Crippen LogP contribution is 2.37. The van der Waals surface area contributed by atoms with Crippen LogP contribution in [0.4, 0.5) is 5.69 Å². The maximum atomic E-state index is 13.0. The zero-order chi connectivity index (χ0) is 16.6. The Labute approximate surface area is 141 Å². The van der Waals surface area contributed by atoms with Crippen LogP contribution in [0.3, 0.4) is 0 Å². The number of aliphatic hydroxyl groups excluding tert-OH is 1. The Hall–Kier alpha value is -1.56. The van der Waals surface area contributed by atoms with Crippen LogP contribution in [0.1, 0.15) is 30.1 Å². The molecule has 3 rings (SSSR count). The molecule has 122 valence electrons. The molecule has 0 saturated carbocycles. The number of hydrogen-bond acceptors (Lipinski definition) is 3. The summed E-state index contributed by atoms with van der Waals surface area (Å²) in [6.07, 6.45) is 0.383. The summed E-state index contributed by atoms with van der Waals surface area (Å²) in [5.74, 6) is 0. The molecule has 0 fully saturated rings. The van der Waals surface area contributed by atoms with Crippen molar-refractivity contribution in [1.29, 1.82) is 0 Å². The van der Waals surface area contributed by atoms with Gasteiger partial charge in [0.15, 0.2) is 0 Å². The Kier molecular flexibility index (Phi) is 4.36. The van der Waals surface area contributed by atoms with Crippen molar-refractivity contribution >= 4 is 27.3 Å². The van der Waals surface area contributed by atoms with Crippen molar-refractivity contribution in [3.8, 4) is 0 Å². The van der Waals surface area contributed by atoms with Crippen molar-refractivity contribution in [2.24, 2.45) is 0 Å². The molecule has 0 unspecified atom stereocenters. The number of halogens is 1. The van der Waals surface area contributed by atoms with Crippen LogP contribution in [-0.4, -0.2) is 20.1 Å². The average molecular weight is 352 g/mol. The van der Waals surface area contributed by atoms with E-state index in [0.29, 0.717) is 35.7 Å². The number of hydrogen-bond donors (Lipinski definition) is 1. The maximum Gasteiger partial charge on any atom is 0.264 e. The van der Waals surface area contributed by atoms with Gasteiger partial charge in [-0.15, -0.1) is 0 Å². The summed E-state index contributed by atoms with van der Waals surface area (Å²) in [4.78, 5) is 0.250. The first-order valence-electron chi connectivity index (χ1n) is 7.46. The summed E-state index contributed by atoms with van der Waals surface area (Å²) in [5, 5.41) is 10.8. The van der Waals surface area contributed by atoms with E-state index in [0.717, 1.165) is 5.56 Å². The fraction of sp³-hybridized carbons (Fsp3) is 0.294. The van der Waals surface area contributed by atoms with Crippen molar-refractivity contribution < 1.29 is 13.5 Å². The van der Waals surface area contributed by atoms with Crippen LogP contribution in [-0.2, 0) is 10.0 Å². The fourth-order valence-electron chi connectivity index (χ4n) is 2.81. The first-order valence-corrected chi connectivity index (χ1v) is 9.28. The van der Waals surface area contributed by atoms with Gasteiger partial charge in [0, 0.05) is 17.1 Å². The molecule has 6 heteroatoms. The van der Waals surface area contributed by atoms with Crippen LogP contribution >= 0.6 is 11.6 Å². The number of nitrogens with zero attached hydrogens (tertiary/aromatic N) is 1. The SMILES string of the molecule is Cc1ccc(S(=O)(=O)N2CCC[C@H](O)c3cc(Cl)ccc32)cc1. The molecule has 1 heterocycles. The van der Waals surface area contributed by atoms with Crippen LogP contribution in [0.5, 0.6) is 0 Å². The number of benzene rings is 2. The Bertz CT molecular complexity index is 818. The van der Waals surface area contributed by atoms with E-state index in [4.69, 9.17) is 11.6 Å². The van der Waals surface area contributed by atoms with Crippen molar-refractivity contribution in [2.75, 3.05) is 10.8 Å². The molecule has 0 amide bonds. The van der Waals surface area contributed by atoms with Crippen LogP contribution in [0.25, 0.3) is 0 Å². The van der Waals surface area contributed by atoms with Gasteiger partial charge in [-0.05, 0) is 50.1 Å². The second kappa shape index (κ2) is 6.15. The van der Waals surface area contributed by atoms with Gasteiger partial charge in [-0.1, -0.05) is 29.3 Å². The summed E-state index contributed by atoms with van der Waals surface area (Å²) >= 11 is 6.01. The van der Waals surface area contributed by atoms with E-state index in [2.05, 4.69) is 0 Å². The van der Waals surface area contributed by atoms with Crippen LogP contribution < -0.4 is 4.31 Å². The van der Waals surface area contributed by atoms with Gasteiger partial charge < -0.3 is 5.11 Å². The number of aryl methyl sites for hydroxylation is 1. The van der Waals surface area contributed by atoms with E-state index in [-0.39, 0.29) is 4.90 Å². The average Bonchev–Trinajstić information content (AvgIpc) is 2.67. The molecule has 2 aromatic rings. The standard InChI is InChI=1S/C17H18ClNO3S/c1-12-4-7-14(8-5-12)23(21,22)19-10-2-3-17(20)15-11-13(18)6-9-16(15)19/h4-9,11,17,20H,2-3,10H2,1H3/t17-/m0/s1. The molecule has 0 bridgehead atoms. The van der Waals surface area contributed by atoms with Crippen molar-refractivity contribution in [2.45, 2.75) is 30.8 Å². The molecule has 2 aromatic carbocycles. The van der Waals surface area contributed by atoms with Gasteiger partial charge in [-0.25, -0.2) is 8.42 Å². The third-order valence-corrected chi connectivity index (χ3v) is 6.13. The largest absolute Gasteiger partial charge is 0.388 e. The highest BCUT2D eigenvalue weighted by molar-refractivity contribution is 7.92. The second-order valence-corrected chi connectivity index (χ2v) is 8.05. The van der Waals surface area contributed by atoms with Crippen LogP contribution in [0.2, 0.25) is 5.02 Å². The quantitative estimate of drug-likeness (QED) is 0.898. The Morgan fingerprint density at radius 3 is 2.57 bits per heavy atom. The zero-order valence-corrected chi connectivity index (χ0v) is 14.3. The van der Waals surface area contributed by atoms with E-state index < -0.39 is 16.1 Å². The lowest BCUT2D eigenvalue weighted by Gasteiger charge is -2.25. The van der Waals surface area contributed by atoms with Gasteiger partial charge in [0.05, 0.1) is 16.7 Å². The molecular weight excluding hydrogens is 334 g/mol. The van der Waals surface area contributed by atoms with Crippen LogP contribution in [0, 0.1) is 6.92 Å². The highest BCUT2D eigenvalue weighted by atomic mass is 35.5. The molecule has 4 nitrogen and oxygen atoms in total. The Morgan fingerprint density at radius 2 is 1.87 bits per heavy atom. The third kappa shape index (κ3) is 3.09. The number of anilines is 1. The minimum atomic E-state index is -3.67. The molecule has 0 aromatic heterocycles. The van der Waals surface area contributed by atoms with Gasteiger partial charge in [-0.2, -0.15) is 0 Å². The number of rotatable bonds is 2. The zero-order valence-electron chi connectivity index (χ0n) is 12.7. The van der Waals surface area contributed by atoms with E-state index >= 15 is 0 Å². The monoisotopic (exact) mass is 351 g/mol. The Balaban J connectivity index is 2.12. The minimum absolute atomic E-state index is 0.250. The van der Waals surface area contributed by atoms with Gasteiger partial charge in [0.1, 0.15) is 0 Å². The predicted molar refractivity (Wildman–Crippen MR) is 91.4 cm³/mol. The summed E-state index contributed by atoms with van der Waals surface area (Å²) in [6.45, 7) is 2.25. The highest BCUT2D eigenvalue weighted by Gasteiger charge is 2.30. The molecule has 1 aliphatic heterocycles. The lowest BCUT2D eigenvalue weighted by atomic mass is 10.1. The number of fused-ring (bicyclic) bond motifs is 1. The van der Waals surface area contributed by atoms with E-state index in [1.54, 1.807) is 42.5 Å². The Morgan fingerprint density at radius 1 is 1.17 bits per heavy atom. The molecular formula is C17H18ClNO3S. The van der Waals surface area contributed by atoms with Gasteiger partial charge in [0.2, 0.25) is 0 Å². The summed E-state index contributed by atoms with van der Waals surface area (Å²) in [6, 6.07) is 11.7. The minimum Gasteiger partial charge on any atom is -0.388 e. The van der Waals surface area contributed by atoms with Crippen molar-refractivity contribution in [3.63, 3.8) is 0 Å². The van der Waals surface area contributed by atoms with Crippen molar-refractivity contribution in [1.82, 2.24) is 0 Å². The van der Waals surface area contributed by atoms with Gasteiger partial charge in [0.25, 0.3) is 10.0 Å². The summed E-state index contributed by atoms with van der Waals surface area (Å²) < 4.78 is 27.4. The molecule has 23 heavy (non-hydrogen) atoms. The fourth-order valence-corrected chi connectivity index (χ4v) is 4.52. The van der Waals surface area contributed by atoms with Crippen LogP contribution in [0.15, 0.2) is 47.4 Å². The predicted octanol–water partition coefficient (Wildman–Crippen LogP) is 3.67. The first-order chi connectivity index (χ1) is 10.9. The van der Waals surface area contributed by atoms with E-state index in [1.165, 1.54) is 4.31 Å². The summed E-state index contributed by atoms with van der Waals surface area (Å²) in [7, 11) is -3.67. The third-order valence-electron chi connectivity index (χ3n) is 4.07. The molecule has 0 spiro atoms. The molecule has 0 radical (unpaired) electrons. The molecule has 1 atom stereocenters. The van der Waals surface area contributed by atoms with Gasteiger partial charge in [-0.3, -0.25) is 4.31 Å². The number of aliphatic hydroxyl groups is 1. The summed E-state index contributed by atoms with van der Waals surface area (Å²) in [5.41, 5.74) is 2.06. The van der Waals surface area contributed by atoms with Gasteiger partial charge >= 0.3 is 0 Å². The number of sulfonamides is 1. The topological polar surface area (TPSA) is 57.6 Å². The second-order valence-electron chi connectivity index (χ2n) is 5.75. The molecule has 0 saturated heterocycles. The molecule has 0 aliphatic carbocycles. The van der Waals surface area contributed by atoms with Crippen molar-refractivity contribution in [3.05, 3.63) is 58.6 Å². The lowest BCUT2D eigenvalue weighted by Crippen LogP contribution is -2.31. The first kappa shape index (κ1) is 16.3. The molecule has 1 aliphatic rings.